The van der Waals surface area contributed by atoms with Crippen LogP contribution in [0.5, 0.6) is 0 Å². The van der Waals surface area contributed by atoms with Crippen LogP contribution < -0.4 is 5.32 Å². The van der Waals surface area contributed by atoms with E-state index in [0.29, 0.717) is 6.04 Å². The van der Waals surface area contributed by atoms with Crippen LogP contribution in [0.1, 0.15) is 22.0 Å². The van der Waals surface area contributed by atoms with Gasteiger partial charge < -0.3 is 5.32 Å². The quantitative estimate of drug-likeness (QED) is 0.874. The molecule has 0 fully saturated rings. The molecule has 0 aromatic carbocycles. The zero-order valence-corrected chi connectivity index (χ0v) is 11.0. The summed E-state index contributed by atoms with van der Waals surface area (Å²) in [5, 5.41) is 5.73. The molecular weight excluding hydrogens is 284 g/mol. The fraction of sp³-hybridized carbons (Fsp3) is 0.250. The van der Waals surface area contributed by atoms with Gasteiger partial charge in [0.1, 0.15) is 0 Å². The van der Waals surface area contributed by atoms with Crippen LogP contribution in [0.3, 0.4) is 0 Å². The molecule has 2 nitrogen and oxygen atoms in total. The fourth-order valence-electron chi connectivity index (χ4n) is 2.13. The van der Waals surface area contributed by atoms with Crippen LogP contribution in [0.15, 0.2) is 34.4 Å². The maximum absolute atomic E-state index is 4.23. The summed E-state index contributed by atoms with van der Waals surface area (Å²) in [6.45, 7) is 1.05. The molecule has 4 heteroatoms. The van der Waals surface area contributed by atoms with Crippen molar-refractivity contribution in [2.45, 2.75) is 12.5 Å². The average Bonchev–Trinajstić information content (AvgIpc) is 2.76. The standard InChI is InChI=1S/C12H11BrN2S/c13-9-5-8(6-14-7-9)12-10-2-4-16-11(10)1-3-15-12/h2,4-7,12,15H,1,3H2. The highest BCUT2D eigenvalue weighted by molar-refractivity contribution is 9.10. The second-order valence-electron chi connectivity index (χ2n) is 3.87. The summed E-state index contributed by atoms with van der Waals surface area (Å²) < 4.78 is 1.04. The van der Waals surface area contributed by atoms with Gasteiger partial charge >= 0.3 is 0 Å². The molecule has 0 saturated heterocycles. The number of halogens is 1. The normalized spacial score (nSPS) is 19.4. The molecule has 0 saturated carbocycles. The van der Waals surface area contributed by atoms with Crippen LogP contribution in [0.4, 0.5) is 0 Å². The van der Waals surface area contributed by atoms with Crippen molar-refractivity contribution in [2.24, 2.45) is 0 Å². The number of hydrogen-bond acceptors (Lipinski definition) is 3. The maximum Gasteiger partial charge on any atom is 0.0603 e. The van der Waals surface area contributed by atoms with Gasteiger partial charge in [-0.15, -0.1) is 11.3 Å². The Morgan fingerprint density at radius 3 is 3.25 bits per heavy atom. The molecule has 2 aromatic heterocycles. The van der Waals surface area contributed by atoms with Gasteiger partial charge in [-0.25, -0.2) is 0 Å². The molecule has 1 aliphatic heterocycles. The number of nitrogens with one attached hydrogen (secondary N) is 1. The zero-order chi connectivity index (χ0) is 11.0. The molecule has 1 N–H and O–H groups in total. The van der Waals surface area contributed by atoms with Gasteiger partial charge in [0.05, 0.1) is 6.04 Å². The fourth-order valence-corrected chi connectivity index (χ4v) is 3.44. The van der Waals surface area contributed by atoms with Crippen molar-refractivity contribution in [2.75, 3.05) is 6.54 Å². The van der Waals surface area contributed by atoms with E-state index in [9.17, 15) is 0 Å². The Bertz CT molecular complexity index is 509. The van der Waals surface area contributed by atoms with E-state index in [1.165, 1.54) is 16.0 Å². The highest BCUT2D eigenvalue weighted by atomic mass is 79.9. The minimum atomic E-state index is 0.306. The Morgan fingerprint density at radius 1 is 1.44 bits per heavy atom. The lowest BCUT2D eigenvalue weighted by molar-refractivity contribution is 0.573. The number of nitrogens with zero attached hydrogens (tertiary/aromatic N) is 1. The minimum absolute atomic E-state index is 0.306. The minimum Gasteiger partial charge on any atom is -0.306 e. The van der Waals surface area contributed by atoms with E-state index < -0.39 is 0 Å². The summed E-state index contributed by atoms with van der Waals surface area (Å²) in [5.41, 5.74) is 2.64. The summed E-state index contributed by atoms with van der Waals surface area (Å²) in [6.07, 6.45) is 4.90. The van der Waals surface area contributed by atoms with Gasteiger partial charge in [-0.1, -0.05) is 0 Å². The summed E-state index contributed by atoms with van der Waals surface area (Å²) >= 11 is 5.33. The van der Waals surface area contributed by atoms with Gasteiger partial charge in [0.25, 0.3) is 0 Å². The molecule has 0 bridgehead atoms. The van der Waals surface area contributed by atoms with Gasteiger partial charge in [0.2, 0.25) is 0 Å². The lowest BCUT2D eigenvalue weighted by Crippen LogP contribution is -2.29. The molecule has 3 heterocycles. The Kier molecular flexibility index (Phi) is 2.79. The Labute approximate surface area is 107 Å². The van der Waals surface area contributed by atoms with E-state index in [4.69, 9.17) is 0 Å². The lowest BCUT2D eigenvalue weighted by atomic mass is 9.97. The van der Waals surface area contributed by atoms with Crippen LogP contribution in [-0.4, -0.2) is 11.5 Å². The predicted molar refractivity (Wildman–Crippen MR) is 69.8 cm³/mol. The second kappa shape index (κ2) is 4.28. The first-order valence-electron chi connectivity index (χ1n) is 5.25. The van der Waals surface area contributed by atoms with E-state index in [-0.39, 0.29) is 0 Å². The second-order valence-corrected chi connectivity index (χ2v) is 5.79. The molecule has 0 radical (unpaired) electrons. The van der Waals surface area contributed by atoms with E-state index in [1.807, 2.05) is 23.7 Å². The van der Waals surface area contributed by atoms with Gasteiger partial charge in [-0.05, 0) is 51.0 Å². The summed E-state index contributed by atoms with van der Waals surface area (Å²) in [7, 11) is 0. The molecule has 1 unspecified atom stereocenters. The molecule has 82 valence electrons. The topological polar surface area (TPSA) is 24.9 Å². The predicted octanol–water partition coefficient (Wildman–Crippen LogP) is 3.14. The first-order chi connectivity index (χ1) is 7.84. The number of rotatable bonds is 1. The molecule has 16 heavy (non-hydrogen) atoms. The SMILES string of the molecule is Brc1cncc(C2NCCc3sccc32)c1. The van der Waals surface area contributed by atoms with Gasteiger partial charge in [-0.2, -0.15) is 0 Å². The highest BCUT2D eigenvalue weighted by Gasteiger charge is 2.22. The van der Waals surface area contributed by atoms with Crippen molar-refractivity contribution >= 4 is 27.3 Å². The van der Waals surface area contributed by atoms with Crippen molar-refractivity contribution < 1.29 is 0 Å². The zero-order valence-electron chi connectivity index (χ0n) is 8.61. The lowest BCUT2D eigenvalue weighted by Gasteiger charge is -2.24. The molecule has 0 spiro atoms. The Morgan fingerprint density at radius 2 is 2.38 bits per heavy atom. The van der Waals surface area contributed by atoms with E-state index in [2.05, 4.69) is 43.7 Å². The maximum atomic E-state index is 4.23. The van der Waals surface area contributed by atoms with Crippen LogP contribution in [0.2, 0.25) is 0 Å². The Balaban J connectivity index is 2.04. The summed E-state index contributed by atoms with van der Waals surface area (Å²) in [5.74, 6) is 0. The first-order valence-corrected chi connectivity index (χ1v) is 6.92. The molecule has 0 amide bonds. The van der Waals surface area contributed by atoms with E-state index in [0.717, 1.165) is 17.4 Å². The third-order valence-corrected chi connectivity index (χ3v) is 4.28. The van der Waals surface area contributed by atoms with Crippen molar-refractivity contribution in [1.29, 1.82) is 0 Å². The third kappa shape index (κ3) is 1.81. The molecule has 1 atom stereocenters. The van der Waals surface area contributed by atoms with Crippen LogP contribution >= 0.6 is 27.3 Å². The molecule has 2 aromatic rings. The summed E-state index contributed by atoms with van der Waals surface area (Å²) in [4.78, 5) is 5.74. The number of fused-ring (bicyclic) bond motifs is 1. The molecule has 3 rings (SSSR count). The van der Waals surface area contributed by atoms with Gasteiger partial charge in [0, 0.05) is 28.3 Å². The monoisotopic (exact) mass is 294 g/mol. The van der Waals surface area contributed by atoms with E-state index in [1.54, 1.807) is 0 Å². The summed E-state index contributed by atoms with van der Waals surface area (Å²) in [6, 6.07) is 4.66. The number of pyridine rings is 1. The molecule has 0 aliphatic carbocycles. The van der Waals surface area contributed by atoms with Gasteiger partial charge in [-0.3, -0.25) is 4.98 Å². The van der Waals surface area contributed by atoms with Crippen molar-refractivity contribution in [3.63, 3.8) is 0 Å². The van der Waals surface area contributed by atoms with Crippen LogP contribution in [-0.2, 0) is 6.42 Å². The highest BCUT2D eigenvalue weighted by Crippen LogP contribution is 2.32. The van der Waals surface area contributed by atoms with E-state index >= 15 is 0 Å². The Hall–Kier alpha value is -0.710. The van der Waals surface area contributed by atoms with Crippen LogP contribution in [0, 0.1) is 0 Å². The molecular formula is C12H11BrN2S. The number of hydrogen-bond donors (Lipinski definition) is 1. The third-order valence-electron chi connectivity index (χ3n) is 2.85. The number of aromatic nitrogens is 1. The van der Waals surface area contributed by atoms with Crippen LogP contribution in [0.25, 0.3) is 0 Å². The van der Waals surface area contributed by atoms with Gasteiger partial charge in [0.15, 0.2) is 0 Å². The van der Waals surface area contributed by atoms with Crippen molar-refractivity contribution in [3.05, 3.63) is 50.4 Å². The number of thiophene rings is 1. The molecule has 1 aliphatic rings. The first kappa shape index (κ1) is 10.4. The van der Waals surface area contributed by atoms with Crippen molar-refractivity contribution in [1.82, 2.24) is 10.3 Å². The van der Waals surface area contributed by atoms with Crippen molar-refractivity contribution in [3.8, 4) is 0 Å². The average molecular weight is 295 g/mol. The largest absolute Gasteiger partial charge is 0.306 e. The smallest absolute Gasteiger partial charge is 0.0603 e.